The minimum atomic E-state index is 0.630. The van der Waals surface area contributed by atoms with E-state index in [1.807, 2.05) is 36.4 Å². The first kappa shape index (κ1) is 12.4. The van der Waals surface area contributed by atoms with Crippen LogP contribution in [-0.2, 0) is 0 Å². The Kier molecular flexibility index (Phi) is 2.50. The quantitative estimate of drug-likeness (QED) is 0.427. The second kappa shape index (κ2) is 4.65. The van der Waals surface area contributed by atoms with Gasteiger partial charge in [-0.1, -0.05) is 60.7 Å². The summed E-state index contributed by atoms with van der Waals surface area (Å²) in [7, 11) is 0. The molecule has 3 aromatic carbocycles. The van der Waals surface area contributed by atoms with Gasteiger partial charge in [-0.05, 0) is 16.8 Å². The van der Waals surface area contributed by atoms with Gasteiger partial charge >= 0.3 is 0 Å². The SMILES string of the molecule is c1ccc(-c2ncnc3oc4ccc5ccccc5c4c23)cc1. The molecule has 0 amide bonds. The molecule has 0 spiro atoms. The fourth-order valence-electron chi connectivity index (χ4n) is 3.19. The molecule has 0 aliphatic rings. The van der Waals surface area contributed by atoms with Gasteiger partial charge in [-0.25, -0.2) is 9.97 Å². The maximum absolute atomic E-state index is 5.97. The number of benzene rings is 3. The Bertz CT molecular complexity index is 1160. The number of hydrogen-bond acceptors (Lipinski definition) is 3. The molecule has 5 aromatic rings. The summed E-state index contributed by atoms with van der Waals surface area (Å²) >= 11 is 0. The monoisotopic (exact) mass is 296 g/mol. The van der Waals surface area contributed by atoms with E-state index in [0.717, 1.165) is 33.0 Å². The van der Waals surface area contributed by atoms with Crippen molar-refractivity contribution in [2.24, 2.45) is 0 Å². The van der Waals surface area contributed by atoms with Crippen molar-refractivity contribution < 1.29 is 4.42 Å². The smallest absolute Gasteiger partial charge is 0.231 e. The Hall–Kier alpha value is -3.20. The van der Waals surface area contributed by atoms with E-state index >= 15 is 0 Å². The first-order valence-corrected chi connectivity index (χ1v) is 7.52. The number of fused-ring (bicyclic) bond motifs is 5. The van der Waals surface area contributed by atoms with E-state index in [1.54, 1.807) is 6.33 Å². The average Bonchev–Trinajstić information content (AvgIpc) is 3.01. The van der Waals surface area contributed by atoms with Crippen LogP contribution in [0, 0.1) is 0 Å². The second-order valence-electron chi connectivity index (χ2n) is 5.53. The summed E-state index contributed by atoms with van der Waals surface area (Å²) < 4.78 is 5.97. The van der Waals surface area contributed by atoms with Crippen molar-refractivity contribution in [2.75, 3.05) is 0 Å². The highest BCUT2D eigenvalue weighted by Gasteiger charge is 2.16. The van der Waals surface area contributed by atoms with Gasteiger partial charge in [0, 0.05) is 10.9 Å². The predicted molar refractivity (Wildman–Crippen MR) is 92.3 cm³/mol. The van der Waals surface area contributed by atoms with Crippen LogP contribution in [-0.4, -0.2) is 9.97 Å². The van der Waals surface area contributed by atoms with Crippen LogP contribution in [0.5, 0.6) is 0 Å². The molecular weight excluding hydrogens is 284 g/mol. The molecule has 0 atom stereocenters. The van der Waals surface area contributed by atoms with Crippen LogP contribution >= 0.6 is 0 Å². The number of aromatic nitrogens is 2. The first-order valence-electron chi connectivity index (χ1n) is 7.52. The number of furan rings is 1. The Morgan fingerprint density at radius 2 is 1.52 bits per heavy atom. The van der Waals surface area contributed by atoms with Crippen molar-refractivity contribution in [3.63, 3.8) is 0 Å². The van der Waals surface area contributed by atoms with Gasteiger partial charge in [-0.3, -0.25) is 0 Å². The third-order valence-electron chi connectivity index (χ3n) is 4.21. The molecule has 2 aromatic heterocycles. The summed E-state index contributed by atoms with van der Waals surface area (Å²) in [5.41, 5.74) is 3.45. The van der Waals surface area contributed by atoms with Gasteiger partial charge in [0.25, 0.3) is 0 Å². The van der Waals surface area contributed by atoms with E-state index < -0.39 is 0 Å². The topological polar surface area (TPSA) is 38.9 Å². The molecule has 0 bridgehead atoms. The lowest BCUT2D eigenvalue weighted by molar-refractivity contribution is 0.653. The Balaban J connectivity index is 2.03. The molecule has 0 saturated carbocycles. The second-order valence-corrected chi connectivity index (χ2v) is 5.53. The number of hydrogen-bond donors (Lipinski definition) is 0. The third-order valence-corrected chi connectivity index (χ3v) is 4.21. The molecule has 0 saturated heterocycles. The summed E-state index contributed by atoms with van der Waals surface area (Å²) in [4.78, 5) is 8.87. The third kappa shape index (κ3) is 1.77. The minimum absolute atomic E-state index is 0.630. The molecule has 23 heavy (non-hydrogen) atoms. The van der Waals surface area contributed by atoms with Crippen molar-refractivity contribution in [3.8, 4) is 11.3 Å². The molecule has 0 N–H and O–H groups in total. The molecule has 108 valence electrons. The van der Waals surface area contributed by atoms with Crippen LogP contribution in [0.1, 0.15) is 0 Å². The number of rotatable bonds is 1. The molecule has 0 unspecified atom stereocenters. The highest BCUT2D eigenvalue weighted by atomic mass is 16.3. The molecule has 3 nitrogen and oxygen atoms in total. The van der Waals surface area contributed by atoms with Crippen molar-refractivity contribution in [2.45, 2.75) is 0 Å². The Labute approximate surface area is 132 Å². The molecule has 3 heteroatoms. The van der Waals surface area contributed by atoms with Crippen LogP contribution in [0.15, 0.2) is 77.5 Å². The predicted octanol–water partition coefficient (Wildman–Crippen LogP) is 5.20. The van der Waals surface area contributed by atoms with E-state index in [1.165, 1.54) is 5.39 Å². The summed E-state index contributed by atoms with van der Waals surface area (Å²) in [5.74, 6) is 0. The van der Waals surface area contributed by atoms with Gasteiger partial charge in [0.05, 0.1) is 11.1 Å². The molecular formula is C20H12N2O. The van der Waals surface area contributed by atoms with Gasteiger partial charge in [-0.2, -0.15) is 0 Å². The molecule has 5 rings (SSSR count). The van der Waals surface area contributed by atoms with Crippen molar-refractivity contribution >= 4 is 32.8 Å². The fourth-order valence-corrected chi connectivity index (χ4v) is 3.19. The van der Waals surface area contributed by atoms with Gasteiger partial charge in [0.1, 0.15) is 11.9 Å². The Morgan fingerprint density at radius 3 is 2.43 bits per heavy atom. The highest BCUT2D eigenvalue weighted by Crippen LogP contribution is 2.37. The van der Waals surface area contributed by atoms with Crippen molar-refractivity contribution in [1.82, 2.24) is 9.97 Å². The van der Waals surface area contributed by atoms with Crippen molar-refractivity contribution in [3.05, 3.63) is 73.1 Å². The summed E-state index contributed by atoms with van der Waals surface area (Å²) in [6.07, 6.45) is 1.56. The molecule has 2 heterocycles. The molecule has 0 radical (unpaired) electrons. The van der Waals surface area contributed by atoms with E-state index in [9.17, 15) is 0 Å². The lowest BCUT2D eigenvalue weighted by Gasteiger charge is -2.03. The maximum atomic E-state index is 5.97. The Morgan fingerprint density at radius 1 is 0.696 bits per heavy atom. The highest BCUT2D eigenvalue weighted by molar-refractivity contribution is 6.21. The van der Waals surface area contributed by atoms with E-state index in [4.69, 9.17) is 4.42 Å². The van der Waals surface area contributed by atoms with Gasteiger partial charge < -0.3 is 4.42 Å². The van der Waals surface area contributed by atoms with Crippen molar-refractivity contribution in [1.29, 1.82) is 0 Å². The lowest BCUT2D eigenvalue weighted by atomic mass is 10.0. The summed E-state index contributed by atoms with van der Waals surface area (Å²) in [6.45, 7) is 0. The van der Waals surface area contributed by atoms with Crippen LogP contribution in [0.4, 0.5) is 0 Å². The van der Waals surface area contributed by atoms with E-state index in [2.05, 4.69) is 40.3 Å². The molecule has 0 aliphatic heterocycles. The standard InChI is InChI=1S/C20H12N2O/c1-2-7-14(8-3-1)19-18-17-15-9-5-4-6-13(15)10-11-16(17)23-20(18)22-12-21-19/h1-12H. The first-order chi connectivity index (χ1) is 11.4. The normalized spacial score (nSPS) is 11.5. The van der Waals surface area contributed by atoms with Crippen LogP contribution in [0.2, 0.25) is 0 Å². The minimum Gasteiger partial charge on any atom is -0.438 e. The van der Waals surface area contributed by atoms with Gasteiger partial charge in [0.2, 0.25) is 5.71 Å². The number of nitrogens with zero attached hydrogens (tertiary/aromatic N) is 2. The zero-order chi connectivity index (χ0) is 15.2. The van der Waals surface area contributed by atoms with Crippen LogP contribution < -0.4 is 0 Å². The maximum Gasteiger partial charge on any atom is 0.231 e. The average molecular weight is 296 g/mol. The van der Waals surface area contributed by atoms with Crippen LogP contribution in [0.25, 0.3) is 44.1 Å². The van der Waals surface area contributed by atoms with E-state index in [-0.39, 0.29) is 0 Å². The summed E-state index contributed by atoms with van der Waals surface area (Å²) in [5, 5.41) is 4.41. The van der Waals surface area contributed by atoms with Crippen LogP contribution in [0.3, 0.4) is 0 Å². The zero-order valence-corrected chi connectivity index (χ0v) is 12.2. The largest absolute Gasteiger partial charge is 0.438 e. The van der Waals surface area contributed by atoms with Gasteiger partial charge in [0.15, 0.2) is 0 Å². The zero-order valence-electron chi connectivity index (χ0n) is 12.2. The summed E-state index contributed by atoms with van der Waals surface area (Å²) in [6, 6.07) is 22.6. The van der Waals surface area contributed by atoms with Gasteiger partial charge in [-0.15, -0.1) is 0 Å². The molecule has 0 aliphatic carbocycles. The molecule has 0 fully saturated rings. The lowest BCUT2D eigenvalue weighted by Crippen LogP contribution is -1.86. The van der Waals surface area contributed by atoms with E-state index in [0.29, 0.717) is 5.71 Å². The fraction of sp³-hybridized carbons (Fsp3) is 0.